The van der Waals surface area contributed by atoms with Crippen LogP contribution >= 0.6 is 11.6 Å². The van der Waals surface area contributed by atoms with E-state index in [0.29, 0.717) is 5.56 Å². The highest BCUT2D eigenvalue weighted by molar-refractivity contribution is 6.30. The van der Waals surface area contributed by atoms with E-state index in [2.05, 4.69) is 16.6 Å². The van der Waals surface area contributed by atoms with Gasteiger partial charge in [0, 0.05) is 6.42 Å². The van der Waals surface area contributed by atoms with Gasteiger partial charge in [0.25, 0.3) is 0 Å². The van der Waals surface area contributed by atoms with Gasteiger partial charge in [-0.25, -0.2) is 14.0 Å². The molecule has 0 aliphatic rings. The van der Waals surface area contributed by atoms with Gasteiger partial charge in [0.1, 0.15) is 18.5 Å². The van der Waals surface area contributed by atoms with Crippen molar-refractivity contribution in [3.05, 3.63) is 47.3 Å². The van der Waals surface area contributed by atoms with Gasteiger partial charge in [-0.2, -0.15) is 0 Å². The summed E-state index contributed by atoms with van der Waals surface area (Å²) in [6.45, 7) is 3.33. The molecule has 0 heterocycles. The highest BCUT2D eigenvalue weighted by atomic mass is 35.5. The zero-order chi connectivity index (χ0) is 15.1. The molecule has 108 valence electrons. The zero-order valence-corrected chi connectivity index (χ0v) is 11.2. The van der Waals surface area contributed by atoms with Gasteiger partial charge >= 0.3 is 12.1 Å². The number of carboxylic acids is 1. The Morgan fingerprint density at radius 1 is 1.55 bits per heavy atom. The molecule has 0 aliphatic carbocycles. The fraction of sp³-hybridized carbons (Fsp3) is 0.231. The summed E-state index contributed by atoms with van der Waals surface area (Å²) in [5.41, 5.74) is 0.479. The molecule has 1 rings (SSSR count). The molecule has 0 saturated heterocycles. The first-order chi connectivity index (χ1) is 9.43. The second kappa shape index (κ2) is 7.49. The first kappa shape index (κ1) is 16.0. The summed E-state index contributed by atoms with van der Waals surface area (Å²) < 4.78 is 17.6. The summed E-state index contributed by atoms with van der Waals surface area (Å²) in [5.74, 6) is -1.83. The van der Waals surface area contributed by atoms with Crippen LogP contribution in [-0.4, -0.2) is 29.8 Å². The van der Waals surface area contributed by atoms with Crippen LogP contribution in [-0.2, 0) is 16.0 Å². The minimum atomic E-state index is -1.24. The second-order valence-corrected chi connectivity index (χ2v) is 4.28. The molecule has 7 heteroatoms. The van der Waals surface area contributed by atoms with Crippen molar-refractivity contribution in [1.82, 2.24) is 5.32 Å². The van der Waals surface area contributed by atoms with Gasteiger partial charge in [-0.15, -0.1) is 0 Å². The molecule has 1 aromatic carbocycles. The highest BCUT2D eigenvalue weighted by Crippen LogP contribution is 2.17. The molecular weight excluding hydrogens is 289 g/mol. The van der Waals surface area contributed by atoms with Gasteiger partial charge in [-0.05, 0) is 17.7 Å². The van der Waals surface area contributed by atoms with Gasteiger partial charge in [0.15, 0.2) is 0 Å². The maximum atomic E-state index is 13.0. The van der Waals surface area contributed by atoms with Gasteiger partial charge in [0.05, 0.1) is 5.02 Å². The SMILES string of the molecule is C=CCOC(=O)N[C@H](Cc1ccc(F)c(Cl)c1)C(=O)O. The van der Waals surface area contributed by atoms with Crippen LogP contribution in [0.15, 0.2) is 30.9 Å². The van der Waals surface area contributed by atoms with Crippen LogP contribution in [0.4, 0.5) is 9.18 Å². The largest absolute Gasteiger partial charge is 0.480 e. The fourth-order valence-electron chi connectivity index (χ4n) is 1.42. The van der Waals surface area contributed by atoms with Crippen molar-refractivity contribution in [3.8, 4) is 0 Å². The van der Waals surface area contributed by atoms with Crippen molar-refractivity contribution in [1.29, 1.82) is 0 Å². The number of carbonyl (C=O) groups is 2. The molecule has 0 saturated carbocycles. The van der Waals surface area contributed by atoms with E-state index in [0.717, 1.165) is 6.07 Å². The molecule has 0 radical (unpaired) electrons. The standard InChI is InChI=1S/C13H13ClFNO4/c1-2-5-20-13(19)16-11(12(17)18)7-8-3-4-10(15)9(14)6-8/h2-4,6,11H,1,5,7H2,(H,16,19)(H,17,18)/t11-/m1/s1. The number of ether oxygens (including phenoxy) is 1. The topological polar surface area (TPSA) is 75.6 Å². The maximum Gasteiger partial charge on any atom is 0.408 e. The Labute approximate surface area is 120 Å². The van der Waals surface area contributed by atoms with Crippen LogP contribution in [0.2, 0.25) is 5.02 Å². The van der Waals surface area contributed by atoms with Crippen molar-refractivity contribution in [2.75, 3.05) is 6.61 Å². The van der Waals surface area contributed by atoms with Gasteiger partial charge in [-0.3, -0.25) is 0 Å². The molecule has 5 nitrogen and oxygen atoms in total. The Bertz CT molecular complexity index is 521. The minimum absolute atomic E-state index is 0.0272. The van der Waals surface area contributed by atoms with E-state index in [1.54, 1.807) is 0 Å². The summed E-state index contributed by atoms with van der Waals surface area (Å²) in [7, 11) is 0. The van der Waals surface area contributed by atoms with Crippen molar-refractivity contribution < 1.29 is 23.8 Å². The number of aliphatic carboxylic acids is 1. The number of carboxylic acid groups (broad SMARTS) is 1. The number of benzene rings is 1. The van der Waals surface area contributed by atoms with Crippen LogP contribution in [0, 0.1) is 5.82 Å². The van der Waals surface area contributed by atoms with Crippen molar-refractivity contribution in [2.24, 2.45) is 0 Å². The van der Waals surface area contributed by atoms with Crippen molar-refractivity contribution >= 4 is 23.7 Å². The molecule has 0 aliphatic heterocycles. The number of alkyl carbamates (subject to hydrolysis) is 1. The van der Waals surface area contributed by atoms with Gasteiger partial charge < -0.3 is 15.2 Å². The summed E-state index contributed by atoms with van der Waals surface area (Å²) in [4.78, 5) is 22.4. The first-order valence-corrected chi connectivity index (χ1v) is 6.02. The normalized spacial score (nSPS) is 11.5. The molecule has 0 aromatic heterocycles. The lowest BCUT2D eigenvalue weighted by Gasteiger charge is -2.14. The average molecular weight is 302 g/mol. The van der Waals surface area contributed by atoms with Crippen LogP contribution in [0.3, 0.4) is 0 Å². The van der Waals surface area contributed by atoms with Crippen LogP contribution in [0.25, 0.3) is 0 Å². The molecule has 1 amide bonds. The average Bonchev–Trinajstić information content (AvgIpc) is 2.39. The highest BCUT2D eigenvalue weighted by Gasteiger charge is 2.21. The fourth-order valence-corrected chi connectivity index (χ4v) is 1.62. The monoisotopic (exact) mass is 301 g/mol. The van der Waals surface area contributed by atoms with Crippen LogP contribution in [0.5, 0.6) is 0 Å². The predicted molar refractivity (Wildman–Crippen MR) is 71.2 cm³/mol. The smallest absolute Gasteiger partial charge is 0.408 e. The van der Waals surface area contributed by atoms with Crippen molar-refractivity contribution in [2.45, 2.75) is 12.5 Å². The van der Waals surface area contributed by atoms with Crippen molar-refractivity contribution in [3.63, 3.8) is 0 Å². The number of rotatable bonds is 6. The molecule has 0 spiro atoms. The Kier molecular flexibility index (Phi) is 5.99. The maximum absolute atomic E-state index is 13.0. The Hall–Kier alpha value is -2.08. The predicted octanol–water partition coefficient (Wildman–Crippen LogP) is 2.39. The minimum Gasteiger partial charge on any atom is -0.480 e. The van der Waals surface area contributed by atoms with Crippen LogP contribution in [0.1, 0.15) is 5.56 Å². The third kappa shape index (κ3) is 4.89. The summed E-state index contributed by atoms with van der Waals surface area (Å²) in [6, 6.07) is 2.64. The Balaban J connectivity index is 2.71. The quantitative estimate of drug-likeness (QED) is 0.791. The molecule has 2 N–H and O–H groups in total. The zero-order valence-electron chi connectivity index (χ0n) is 10.4. The lowest BCUT2D eigenvalue weighted by atomic mass is 10.1. The molecule has 0 unspecified atom stereocenters. The molecule has 20 heavy (non-hydrogen) atoms. The number of hydrogen-bond acceptors (Lipinski definition) is 3. The second-order valence-electron chi connectivity index (χ2n) is 3.87. The van der Waals surface area contributed by atoms with Crippen LogP contribution < -0.4 is 5.32 Å². The number of halogens is 2. The van der Waals surface area contributed by atoms with E-state index in [4.69, 9.17) is 16.7 Å². The lowest BCUT2D eigenvalue weighted by Crippen LogP contribution is -2.42. The number of hydrogen-bond donors (Lipinski definition) is 2. The number of nitrogens with one attached hydrogen (secondary N) is 1. The third-order valence-corrected chi connectivity index (χ3v) is 2.64. The van der Waals surface area contributed by atoms with E-state index in [9.17, 15) is 14.0 Å². The Morgan fingerprint density at radius 3 is 2.80 bits per heavy atom. The summed E-state index contributed by atoms with van der Waals surface area (Å²) >= 11 is 5.61. The third-order valence-electron chi connectivity index (χ3n) is 2.35. The Morgan fingerprint density at radius 2 is 2.25 bits per heavy atom. The van der Waals surface area contributed by atoms with E-state index >= 15 is 0 Å². The molecule has 0 fully saturated rings. The first-order valence-electron chi connectivity index (χ1n) is 5.65. The van der Waals surface area contributed by atoms with E-state index in [-0.39, 0.29) is 18.1 Å². The van der Waals surface area contributed by atoms with E-state index in [1.165, 1.54) is 18.2 Å². The molecule has 0 bridgehead atoms. The molecular formula is C13H13ClFNO4. The van der Waals surface area contributed by atoms with Gasteiger partial charge in [-0.1, -0.05) is 30.3 Å². The summed E-state index contributed by atoms with van der Waals surface area (Å²) in [6.07, 6.45) is 0.443. The molecule has 1 atom stereocenters. The molecule has 1 aromatic rings. The van der Waals surface area contributed by atoms with E-state index in [1.807, 2.05) is 0 Å². The van der Waals surface area contributed by atoms with Gasteiger partial charge in [0.2, 0.25) is 0 Å². The lowest BCUT2D eigenvalue weighted by molar-refractivity contribution is -0.139. The number of amides is 1. The summed E-state index contributed by atoms with van der Waals surface area (Å²) in [5, 5.41) is 11.1. The number of carbonyl (C=O) groups excluding carboxylic acids is 1. The van der Waals surface area contributed by atoms with E-state index < -0.39 is 23.9 Å².